The lowest BCUT2D eigenvalue weighted by atomic mass is 9.94. The van der Waals surface area contributed by atoms with E-state index in [2.05, 4.69) is 86.5 Å². The van der Waals surface area contributed by atoms with Gasteiger partial charge in [-0.1, -0.05) is 74.3 Å². The molecule has 0 radical (unpaired) electrons. The maximum atomic E-state index is 5.68. The van der Waals surface area contributed by atoms with E-state index < -0.39 is 0 Å². The predicted molar refractivity (Wildman–Crippen MR) is 124 cm³/mol. The molecule has 29 heavy (non-hydrogen) atoms. The summed E-state index contributed by atoms with van der Waals surface area (Å²) in [5.41, 5.74) is 9.45. The highest BCUT2D eigenvalue weighted by Crippen LogP contribution is 2.43. The molecule has 5 rings (SSSR count). The Morgan fingerprint density at radius 2 is 1.66 bits per heavy atom. The van der Waals surface area contributed by atoms with Gasteiger partial charge in [-0.25, -0.2) is 0 Å². The van der Waals surface area contributed by atoms with E-state index in [0.717, 1.165) is 48.0 Å². The van der Waals surface area contributed by atoms with E-state index in [-0.39, 0.29) is 0 Å². The van der Waals surface area contributed by atoms with Crippen LogP contribution in [0.15, 0.2) is 63.5 Å². The van der Waals surface area contributed by atoms with Crippen molar-refractivity contribution < 1.29 is 9.47 Å². The maximum Gasteiger partial charge on any atom is 0.104 e. The van der Waals surface area contributed by atoms with Gasteiger partial charge in [-0.05, 0) is 70.3 Å². The molecule has 1 saturated heterocycles. The fourth-order valence-corrected chi connectivity index (χ4v) is 5.74. The van der Waals surface area contributed by atoms with Crippen LogP contribution >= 0.6 is 31.9 Å². The van der Waals surface area contributed by atoms with Crippen LogP contribution in [0.1, 0.15) is 23.1 Å². The third-order valence-electron chi connectivity index (χ3n) is 5.72. The molecule has 0 bridgehead atoms. The lowest BCUT2D eigenvalue weighted by Crippen LogP contribution is -2.04. The van der Waals surface area contributed by atoms with Gasteiger partial charge in [-0.2, -0.15) is 0 Å². The minimum Gasteiger partial charge on any atom is -0.379 e. The third kappa shape index (κ3) is 4.09. The zero-order chi connectivity index (χ0) is 19.8. The van der Waals surface area contributed by atoms with E-state index in [1.807, 2.05) is 0 Å². The van der Waals surface area contributed by atoms with Gasteiger partial charge >= 0.3 is 0 Å². The number of rotatable bonds is 7. The Balaban J connectivity index is 1.37. The van der Waals surface area contributed by atoms with Crippen molar-refractivity contribution in [3.63, 3.8) is 0 Å². The zero-order valence-electron chi connectivity index (χ0n) is 16.1. The quantitative estimate of drug-likeness (QED) is 0.200. The average molecular weight is 514 g/mol. The van der Waals surface area contributed by atoms with Crippen LogP contribution in [-0.2, 0) is 22.3 Å². The van der Waals surface area contributed by atoms with Gasteiger partial charge in [0.05, 0.1) is 13.2 Å². The smallest absolute Gasteiger partial charge is 0.104 e. The molecule has 0 amide bonds. The predicted octanol–water partition coefficient (Wildman–Crippen LogP) is 6.80. The summed E-state index contributed by atoms with van der Waals surface area (Å²) < 4.78 is 13.2. The van der Waals surface area contributed by atoms with Gasteiger partial charge in [0, 0.05) is 15.6 Å². The molecule has 148 valence electrons. The number of epoxide rings is 1. The van der Waals surface area contributed by atoms with Crippen molar-refractivity contribution in [3.05, 3.63) is 80.2 Å². The van der Waals surface area contributed by atoms with Gasteiger partial charge < -0.3 is 9.47 Å². The van der Waals surface area contributed by atoms with Crippen molar-refractivity contribution in [2.75, 3.05) is 19.8 Å². The van der Waals surface area contributed by atoms with Crippen LogP contribution in [0.2, 0.25) is 0 Å². The second-order valence-corrected chi connectivity index (χ2v) is 9.43. The fourth-order valence-electron chi connectivity index (χ4n) is 4.16. The second-order valence-electron chi connectivity index (χ2n) is 7.72. The average Bonchev–Trinajstić information content (AvgIpc) is 3.47. The first-order valence-corrected chi connectivity index (χ1v) is 11.7. The Hall–Kier alpha value is -1.46. The molecule has 3 aromatic carbocycles. The number of fused-ring (bicyclic) bond motifs is 3. The molecule has 2 nitrogen and oxygen atoms in total. The normalized spacial score (nSPS) is 16.6. The molecule has 1 heterocycles. The molecular formula is C25H22Br2O2. The van der Waals surface area contributed by atoms with Gasteiger partial charge in [0.1, 0.15) is 6.10 Å². The van der Waals surface area contributed by atoms with E-state index in [0.29, 0.717) is 6.10 Å². The summed E-state index contributed by atoms with van der Waals surface area (Å²) in [7, 11) is 0. The molecule has 1 unspecified atom stereocenters. The largest absolute Gasteiger partial charge is 0.379 e. The summed E-state index contributed by atoms with van der Waals surface area (Å²) in [4.78, 5) is 0. The summed E-state index contributed by atoms with van der Waals surface area (Å²) in [6.45, 7) is 2.35. The summed E-state index contributed by atoms with van der Waals surface area (Å²) in [5.74, 6) is 0. The van der Waals surface area contributed by atoms with Gasteiger partial charge in [-0.3, -0.25) is 0 Å². The number of hydrogen-bond donors (Lipinski definition) is 0. The van der Waals surface area contributed by atoms with Crippen LogP contribution in [0.4, 0.5) is 0 Å². The topological polar surface area (TPSA) is 21.8 Å². The molecule has 0 N–H and O–H groups in total. The van der Waals surface area contributed by atoms with E-state index in [4.69, 9.17) is 9.47 Å². The van der Waals surface area contributed by atoms with Crippen molar-refractivity contribution in [3.8, 4) is 22.3 Å². The molecule has 0 saturated carbocycles. The zero-order valence-corrected chi connectivity index (χ0v) is 19.3. The van der Waals surface area contributed by atoms with Crippen LogP contribution in [-0.4, -0.2) is 25.9 Å². The lowest BCUT2D eigenvalue weighted by Gasteiger charge is -2.14. The van der Waals surface area contributed by atoms with E-state index >= 15 is 0 Å². The highest BCUT2D eigenvalue weighted by Gasteiger charge is 2.23. The van der Waals surface area contributed by atoms with Gasteiger partial charge in [0.15, 0.2) is 0 Å². The van der Waals surface area contributed by atoms with Gasteiger partial charge in [0.25, 0.3) is 0 Å². The SMILES string of the molecule is Brc1cc(-c2cccc3c2Cc2ccccc2-3)cc(Br)c1CCCOCC1CO1. The Bertz CT molecular complexity index is 1030. The monoisotopic (exact) mass is 512 g/mol. The molecular weight excluding hydrogens is 492 g/mol. The van der Waals surface area contributed by atoms with Crippen LogP contribution < -0.4 is 0 Å². The van der Waals surface area contributed by atoms with Crippen LogP contribution in [0.5, 0.6) is 0 Å². The summed E-state index contributed by atoms with van der Waals surface area (Å²) in [6, 6.07) is 19.9. The third-order valence-corrected chi connectivity index (χ3v) is 7.14. The van der Waals surface area contributed by atoms with Gasteiger partial charge in [-0.15, -0.1) is 0 Å². The summed E-state index contributed by atoms with van der Waals surface area (Å²) in [6.07, 6.45) is 3.32. The molecule has 1 aliphatic carbocycles. The van der Waals surface area contributed by atoms with Crippen LogP contribution in [0, 0.1) is 0 Å². The number of halogens is 2. The Morgan fingerprint density at radius 3 is 2.45 bits per heavy atom. The van der Waals surface area contributed by atoms with Crippen molar-refractivity contribution in [1.82, 2.24) is 0 Å². The Morgan fingerprint density at radius 1 is 0.931 bits per heavy atom. The van der Waals surface area contributed by atoms with Crippen molar-refractivity contribution in [1.29, 1.82) is 0 Å². The number of benzene rings is 3. The molecule has 0 spiro atoms. The molecule has 2 aliphatic rings. The molecule has 1 atom stereocenters. The molecule has 3 aromatic rings. The Labute approximate surface area is 188 Å². The summed E-state index contributed by atoms with van der Waals surface area (Å²) >= 11 is 7.63. The molecule has 0 aromatic heterocycles. The summed E-state index contributed by atoms with van der Waals surface area (Å²) in [5, 5.41) is 0. The van der Waals surface area contributed by atoms with Crippen LogP contribution in [0.3, 0.4) is 0 Å². The van der Waals surface area contributed by atoms with Crippen molar-refractivity contribution >= 4 is 31.9 Å². The fraction of sp³-hybridized carbons (Fsp3) is 0.280. The lowest BCUT2D eigenvalue weighted by molar-refractivity contribution is 0.114. The first-order valence-electron chi connectivity index (χ1n) is 10.1. The first kappa shape index (κ1) is 19.5. The highest BCUT2D eigenvalue weighted by atomic mass is 79.9. The van der Waals surface area contributed by atoms with Crippen molar-refractivity contribution in [2.45, 2.75) is 25.4 Å². The Kier molecular flexibility index (Phi) is 5.61. The highest BCUT2D eigenvalue weighted by molar-refractivity contribution is 9.11. The minimum absolute atomic E-state index is 0.339. The second kappa shape index (κ2) is 8.35. The molecule has 1 aliphatic heterocycles. The first-order chi connectivity index (χ1) is 14.2. The minimum atomic E-state index is 0.339. The molecule has 4 heteroatoms. The molecule has 1 fully saturated rings. The van der Waals surface area contributed by atoms with E-state index in [1.165, 1.54) is 38.9 Å². The van der Waals surface area contributed by atoms with Crippen molar-refractivity contribution in [2.24, 2.45) is 0 Å². The van der Waals surface area contributed by atoms with E-state index in [1.54, 1.807) is 0 Å². The maximum absolute atomic E-state index is 5.68. The number of hydrogen-bond acceptors (Lipinski definition) is 2. The van der Waals surface area contributed by atoms with E-state index in [9.17, 15) is 0 Å². The van der Waals surface area contributed by atoms with Gasteiger partial charge in [0.2, 0.25) is 0 Å². The van der Waals surface area contributed by atoms with Crippen LogP contribution in [0.25, 0.3) is 22.3 Å². The standard InChI is InChI=1S/C25H22Br2O2/c26-24-12-17(13-25(27)22(24)9-4-10-28-14-18-15-29-18)20-7-3-8-21-19-6-2-1-5-16(19)11-23(20)21/h1-3,5-8,12-13,18H,4,9-11,14-15H2. The number of ether oxygens (including phenoxy) is 2.